The van der Waals surface area contributed by atoms with Crippen LogP contribution >= 0.6 is 0 Å². The zero-order valence-electron chi connectivity index (χ0n) is 47.2. The van der Waals surface area contributed by atoms with Crippen molar-refractivity contribution in [1.29, 1.82) is 0 Å². The van der Waals surface area contributed by atoms with Crippen LogP contribution in [0.2, 0.25) is 0 Å². The van der Waals surface area contributed by atoms with Crippen LogP contribution in [-0.2, 0) is 45.2 Å². The molecule has 436 valence electrons. The fourth-order valence-corrected chi connectivity index (χ4v) is 12.1. The molecule has 20 nitrogen and oxygen atoms in total. The number of anilines is 1. The molecule has 3 aliphatic heterocycles. The fourth-order valence-electron chi connectivity index (χ4n) is 10.5. The summed E-state index contributed by atoms with van der Waals surface area (Å²) in [5.41, 5.74) is 14.1. The number of amidine groups is 1. The Kier molecular flexibility index (Phi) is 18.3. The Bertz CT molecular complexity index is 3400. The molecule has 21 heteroatoms. The van der Waals surface area contributed by atoms with Gasteiger partial charge in [-0.3, -0.25) is 19.3 Å². The fraction of sp³-hybridized carbons (Fsp3) is 0.371. The van der Waals surface area contributed by atoms with Gasteiger partial charge in [0.15, 0.2) is 0 Å². The second-order valence-electron chi connectivity index (χ2n) is 22.5. The summed E-state index contributed by atoms with van der Waals surface area (Å²) in [7, 11) is -3.88. The van der Waals surface area contributed by atoms with Crippen molar-refractivity contribution in [3.8, 4) is 22.3 Å². The van der Waals surface area contributed by atoms with E-state index < -0.39 is 57.8 Å². The second-order valence-corrected chi connectivity index (χ2v) is 24.4. The maximum atomic E-state index is 13.8. The van der Waals surface area contributed by atoms with Gasteiger partial charge in [0.1, 0.15) is 36.7 Å². The topological polar surface area (TPSA) is 269 Å². The first-order valence-corrected chi connectivity index (χ1v) is 29.4. The van der Waals surface area contributed by atoms with Crippen molar-refractivity contribution in [1.82, 2.24) is 30.5 Å². The summed E-state index contributed by atoms with van der Waals surface area (Å²) in [6.07, 6.45) is 1.63. The Labute approximate surface area is 483 Å². The van der Waals surface area contributed by atoms with E-state index in [1.807, 2.05) is 56.3 Å². The van der Waals surface area contributed by atoms with Crippen LogP contribution < -0.4 is 32.3 Å². The molecule has 3 heterocycles. The van der Waals surface area contributed by atoms with Gasteiger partial charge < -0.3 is 46.5 Å². The Morgan fingerprint density at radius 2 is 1.47 bits per heavy atom. The molecule has 0 spiro atoms. The lowest BCUT2D eigenvalue weighted by Gasteiger charge is -2.38. The van der Waals surface area contributed by atoms with Crippen LogP contribution in [0.1, 0.15) is 88.5 Å². The zero-order valence-corrected chi connectivity index (χ0v) is 48.1. The number of hydrogen-bond acceptors (Lipinski definition) is 13. The van der Waals surface area contributed by atoms with Crippen LogP contribution in [0.3, 0.4) is 0 Å². The third kappa shape index (κ3) is 14.6. The molecule has 0 aromatic heterocycles. The van der Waals surface area contributed by atoms with Gasteiger partial charge in [-0.15, -0.1) is 0 Å². The van der Waals surface area contributed by atoms with Crippen molar-refractivity contribution in [2.24, 2.45) is 22.6 Å². The molecule has 2 atom stereocenters. The van der Waals surface area contributed by atoms with Crippen LogP contribution in [0.5, 0.6) is 0 Å². The molecule has 6 amide bonds. The number of nitrogens with zero attached hydrogens (tertiary/aromatic N) is 3. The normalized spacial score (nSPS) is 16.4. The highest BCUT2D eigenvalue weighted by molar-refractivity contribution is 7.89. The van der Waals surface area contributed by atoms with E-state index in [1.54, 1.807) is 81.4 Å². The van der Waals surface area contributed by atoms with E-state index in [2.05, 4.69) is 43.7 Å². The summed E-state index contributed by atoms with van der Waals surface area (Å²) in [4.78, 5) is 84.7. The number of fused-ring (bicyclic) bond motifs is 4. The number of amides is 6. The molecule has 5 aromatic rings. The largest absolute Gasteiger partial charge is 0.448 e. The Hall–Kier alpha value is -8.56. The van der Waals surface area contributed by atoms with Gasteiger partial charge in [0.25, 0.3) is 0 Å². The van der Waals surface area contributed by atoms with Crippen LogP contribution in [0.15, 0.2) is 131 Å². The molecule has 1 aliphatic carbocycles. The van der Waals surface area contributed by atoms with E-state index >= 15 is 0 Å². The predicted octanol–water partition coefficient (Wildman–Crippen LogP) is 8.20. The minimum absolute atomic E-state index is 0.0636. The van der Waals surface area contributed by atoms with Crippen LogP contribution in [0.4, 0.5) is 25.8 Å². The van der Waals surface area contributed by atoms with Gasteiger partial charge in [0.2, 0.25) is 27.7 Å². The van der Waals surface area contributed by atoms with Gasteiger partial charge >= 0.3 is 18.3 Å². The molecule has 83 heavy (non-hydrogen) atoms. The second kappa shape index (κ2) is 25.7. The number of hydrogen-bond donors (Lipinski definition) is 6. The number of nitrogens with two attached hydrogens (primary N) is 1. The predicted molar refractivity (Wildman–Crippen MR) is 315 cm³/mol. The first-order valence-electron chi connectivity index (χ1n) is 28.0. The lowest BCUT2D eigenvalue weighted by Crippen LogP contribution is -2.53. The van der Waals surface area contributed by atoms with Crippen molar-refractivity contribution in [3.05, 3.63) is 143 Å². The number of ether oxygens (including phenoxy) is 3. The molecule has 2 saturated heterocycles. The van der Waals surface area contributed by atoms with Crippen molar-refractivity contribution in [2.75, 3.05) is 51.2 Å². The summed E-state index contributed by atoms with van der Waals surface area (Å²) < 4.78 is 45.5. The highest BCUT2D eigenvalue weighted by Crippen LogP contribution is 2.45. The lowest BCUT2D eigenvalue weighted by molar-refractivity contribution is -0.130. The van der Waals surface area contributed by atoms with Crippen molar-refractivity contribution in [3.63, 3.8) is 0 Å². The first-order chi connectivity index (χ1) is 39.7. The molecule has 7 N–H and O–H groups in total. The molecule has 0 radical (unpaired) electrons. The van der Waals surface area contributed by atoms with E-state index in [-0.39, 0.29) is 73.7 Å². The molecule has 0 bridgehead atoms. The SMILES string of the molecule is CC(C)[C@H](NC(=O)[C@@H]1CCCN1C(=O)OCC1c2ccccc2-c2ccccc21)C(=O)Nc1ccc(COC(=O)NCC2CN(S(=O)(=O)c3cccc(-c4ccc5c(c4)N=C(N)CC(C(=O)NCCCNC(=O)OC(C)(C)C)=C5)c3)C2)cc1. The highest BCUT2D eigenvalue weighted by Gasteiger charge is 2.40. The maximum absolute atomic E-state index is 13.8. The molecule has 5 aromatic carbocycles. The monoisotopic (exact) mass is 1150 g/mol. The number of nitrogens with one attached hydrogen (secondary N) is 5. The number of carbonyl (C=O) groups excluding carboxylic acids is 6. The Morgan fingerprint density at radius 1 is 0.783 bits per heavy atom. The van der Waals surface area contributed by atoms with Gasteiger partial charge in [-0.05, 0) is 121 Å². The average molecular weight is 1150 g/mol. The summed E-state index contributed by atoms with van der Waals surface area (Å²) >= 11 is 0. The highest BCUT2D eigenvalue weighted by atomic mass is 32.2. The third-order valence-corrected chi connectivity index (χ3v) is 16.7. The van der Waals surface area contributed by atoms with Crippen LogP contribution in [0.25, 0.3) is 28.3 Å². The van der Waals surface area contributed by atoms with E-state index in [9.17, 15) is 37.2 Å². The van der Waals surface area contributed by atoms with Gasteiger partial charge in [-0.1, -0.05) is 98.8 Å². The number of carbonyl (C=O) groups is 6. The lowest BCUT2D eigenvalue weighted by atomic mass is 9.98. The zero-order chi connectivity index (χ0) is 59.0. The quantitative estimate of drug-likeness (QED) is 0.0337. The number of likely N-dealkylation sites (tertiary alicyclic amines) is 1. The number of aliphatic imine (C=N–C) groups is 1. The summed E-state index contributed by atoms with van der Waals surface area (Å²) in [6.45, 7) is 10.6. The molecule has 2 fully saturated rings. The number of alkyl carbamates (subject to hydrolysis) is 2. The van der Waals surface area contributed by atoms with Crippen molar-refractivity contribution in [2.45, 2.75) is 95.4 Å². The molecule has 4 aliphatic rings. The van der Waals surface area contributed by atoms with E-state index in [4.69, 9.17) is 19.9 Å². The van der Waals surface area contributed by atoms with Crippen molar-refractivity contribution < 1.29 is 51.4 Å². The van der Waals surface area contributed by atoms with Gasteiger partial charge in [-0.2, -0.15) is 4.31 Å². The molecular weight excluding hydrogens is 1080 g/mol. The summed E-state index contributed by atoms with van der Waals surface area (Å²) in [5.74, 6) is -1.48. The molecular formula is C62H71N9O11S. The Balaban J connectivity index is 0.693. The van der Waals surface area contributed by atoms with Crippen LogP contribution in [-0.4, -0.2) is 123 Å². The number of rotatable bonds is 19. The van der Waals surface area contributed by atoms with Gasteiger partial charge in [-0.25, -0.2) is 27.8 Å². The first kappa shape index (κ1) is 59.1. The number of sulfonamides is 1. The standard InChI is InChI=1S/C62H71N9O11S/c1-38(2)55(69-57(73)53-19-11-28-71(53)61(77)81-37-51-49-17-8-6-15-47(49)48-16-7-9-18-50(48)51)58(74)67-45-24-20-39(21-25-45)36-80-59(75)66-33-40-34-70(35-40)83(78,79)46-14-10-13-41(30-46)42-22-23-43-29-44(32-54(63)68-52(43)31-42)56(72)64-26-12-27-65-60(76)82-62(3,4)5/h6-10,13-18,20-25,29-31,38,40,51,53,55H,11-12,19,26-28,32-37H2,1-5H3,(H2,63,68)(H,64,72)(H,65,76)(H,66,75)(H,67,74)(H,69,73)/t53-,55-/m0/s1. The smallest absolute Gasteiger partial charge is 0.410 e. The van der Waals surface area contributed by atoms with Gasteiger partial charge in [0, 0.05) is 74.3 Å². The summed E-state index contributed by atoms with van der Waals surface area (Å²) in [6, 6.07) is 33.2. The third-order valence-electron chi connectivity index (χ3n) is 14.8. The number of benzene rings is 5. The Morgan fingerprint density at radius 3 is 2.17 bits per heavy atom. The van der Waals surface area contributed by atoms with E-state index in [1.165, 1.54) is 15.3 Å². The van der Waals surface area contributed by atoms with Crippen LogP contribution in [0, 0.1) is 11.8 Å². The molecule has 9 rings (SSSR count). The maximum Gasteiger partial charge on any atom is 0.410 e. The summed E-state index contributed by atoms with van der Waals surface area (Å²) in [5, 5.41) is 14.0. The van der Waals surface area contributed by atoms with Crippen molar-refractivity contribution >= 4 is 69.3 Å². The van der Waals surface area contributed by atoms with E-state index in [0.29, 0.717) is 78.1 Å². The minimum atomic E-state index is -3.88. The molecule has 0 unspecified atom stereocenters. The minimum Gasteiger partial charge on any atom is -0.448 e. The molecule has 0 saturated carbocycles. The average Bonchev–Trinajstić information content (AvgIpc) is 3.27. The van der Waals surface area contributed by atoms with E-state index in [0.717, 1.165) is 22.3 Å². The van der Waals surface area contributed by atoms with Gasteiger partial charge in [0.05, 0.1) is 10.6 Å².